The van der Waals surface area contributed by atoms with Gasteiger partial charge in [0.2, 0.25) is 0 Å². The van der Waals surface area contributed by atoms with Crippen LogP contribution in [0.2, 0.25) is 0 Å². The maximum absolute atomic E-state index is 6.61. The Morgan fingerprint density at radius 2 is 1.11 bits per heavy atom. The third kappa shape index (κ3) is 4.05. The predicted octanol–water partition coefficient (Wildman–Crippen LogP) is 10.2. The van der Waals surface area contributed by atoms with E-state index >= 15 is 0 Å². The van der Waals surface area contributed by atoms with Crippen molar-refractivity contribution in [3.05, 3.63) is 139 Å². The summed E-state index contributed by atoms with van der Waals surface area (Å²) in [5.74, 6) is 4.53. The molecule has 0 radical (unpaired) electrons. The number of fused-ring (bicyclic) bond motifs is 7. The Hall–Kier alpha value is -5.81. The van der Waals surface area contributed by atoms with Gasteiger partial charge in [-0.1, -0.05) is 111 Å². The summed E-state index contributed by atoms with van der Waals surface area (Å²) >= 11 is 0. The third-order valence-corrected chi connectivity index (χ3v) is 8.97. The van der Waals surface area contributed by atoms with Crippen LogP contribution in [0.25, 0.3) is 56.1 Å². The first-order valence-electron chi connectivity index (χ1n) is 15.1. The van der Waals surface area contributed by atoms with Crippen LogP contribution in [0.1, 0.15) is 25.0 Å². The summed E-state index contributed by atoms with van der Waals surface area (Å²) in [4.78, 5) is 14.8. The van der Waals surface area contributed by atoms with Crippen molar-refractivity contribution >= 4 is 10.8 Å². The molecule has 0 spiro atoms. The zero-order chi connectivity index (χ0) is 30.1. The lowest BCUT2D eigenvalue weighted by Gasteiger charge is -2.25. The Morgan fingerprint density at radius 1 is 0.467 bits per heavy atom. The summed E-state index contributed by atoms with van der Waals surface area (Å²) < 4.78 is 13.1. The van der Waals surface area contributed by atoms with Crippen LogP contribution in [0.4, 0.5) is 0 Å². The van der Waals surface area contributed by atoms with Crippen molar-refractivity contribution < 1.29 is 9.47 Å². The van der Waals surface area contributed by atoms with Crippen LogP contribution >= 0.6 is 0 Å². The van der Waals surface area contributed by atoms with E-state index in [-0.39, 0.29) is 5.41 Å². The monoisotopic (exact) mass is 581 g/mol. The SMILES string of the molecule is CC1(C)c2ccccc2-c2c1ccc1c2Oc2ccc(-c3nc(-c4ccccc4)nc(-c4ccc5ccccc5c4)n3)cc2O1. The highest BCUT2D eigenvalue weighted by Gasteiger charge is 2.39. The fourth-order valence-electron chi connectivity index (χ4n) is 6.64. The second-order valence-electron chi connectivity index (χ2n) is 12.1. The smallest absolute Gasteiger partial charge is 0.178 e. The van der Waals surface area contributed by atoms with Crippen LogP contribution < -0.4 is 9.47 Å². The van der Waals surface area contributed by atoms with Crippen molar-refractivity contribution in [3.8, 4) is 68.3 Å². The van der Waals surface area contributed by atoms with Crippen molar-refractivity contribution in [2.24, 2.45) is 0 Å². The first-order valence-corrected chi connectivity index (χ1v) is 15.1. The highest BCUT2D eigenvalue weighted by molar-refractivity contribution is 5.89. The molecule has 5 nitrogen and oxygen atoms in total. The summed E-state index contributed by atoms with van der Waals surface area (Å²) in [5, 5.41) is 2.30. The first-order chi connectivity index (χ1) is 22.0. The van der Waals surface area contributed by atoms with Crippen molar-refractivity contribution in [1.29, 1.82) is 0 Å². The van der Waals surface area contributed by atoms with Gasteiger partial charge in [-0.25, -0.2) is 15.0 Å². The molecule has 0 fully saturated rings. The van der Waals surface area contributed by atoms with Gasteiger partial charge < -0.3 is 9.47 Å². The van der Waals surface area contributed by atoms with E-state index in [1.165, 1.54) is 22.1 Å². The summed E-state index contributed by atoms with van der Waals surface area (Å²) in [6.07, 6.45) is 0. The van der Waals surface area contributed by atoms with E-state index in [0.29, 0.717) is 34.7 Å². The average Bonchev–Trinajstić information content (AvgIpc) is 3.33. The Balaban J connectivity index is 1.15. The minimum atomic E-state index is -0.119. The fraction of sp³-hybridized carbons (Fsp3) is 0.0750. The quantitative estimate of drug-likeness (QED) is 0.208. The molecule has 2 heterocycles. The number of rotatable bonds is 3. The molecule has 0 atom stereocenters. The molecule has 0 amide bonds. The lowest BCUT2D eigenvalue weighted by atomic mass is 9.82. The largest absolute Gasteiger partial charge is 0.449 e. The molecule has 5 heteroatoms. The van der Waals surface area contributed by atoms with Gasteiger partial charge in [-0.2, -0.15) is 0 Å². The van der Waals surface area contributed by atoms with Crippen LogP contribution in [0.15, 0.2) is 127 Å². The average molecular weight is 582 g/mol. The standard InChI is InChI=1S/C40H27N3O2/c1-40(2)30-15-9-8-14-29(30)35-31(40)19-21-33-36(35)45-32-20-18-28(23-34(32)44-33)39-42-37(25-11-4-3-5-12-25)41-38(43-39)27-17-16-24-10-6-7-13-26(24)22-27/h3-23H,1-2H3. The molecular weight excluding hydrogens is 554 g/mol. The summed E-state index contributed by atoms with van der Waals surface area (Å²) in [5.41, 5.74) is 7.38. The molecule has 0 saturated carbocycles. The van der Waals surface area contributed by atoms with Crippen LogP contribution in [-0.4, -0.2) is 15.0 Å². The van der Waals surface area contributed by atoms with Gasteiger partial charge in [0, 0.05) is 27.7 Å². The molecule has 45 heavy (non-hydrogen) atoms. The maximum Gasteiger partial charge on any atom is 0.178 e. The Bertz CT molecular complexity index is 2310. The molecule has 214 valence electrons. The lowest BCUT2D eigenvalue weighted by molar-refractivity contribution is 0.360. The van der Waals surface area contributed by atoms with Crippen molar-refractivity contribution in [2.75, 3.05) is 0 Å². The summed E-state index contributed by atoms with van der Waals surface area (Å²) in [6.45, 7) is 4.52. The molecule has 0 N–H and O–H groups in total. The third-order valence-electron chi connectivity index (χ3n) is 8.97. The minimum Gasteiger partial charge on any atom is -0.449 e. The van der Waals surface area contributed by atoms with Crippen LogP contribution in [0.5, 0.6) is 23.0 Å². The molecule has 1 aliphatic carbocycles. The van der Waals surface area contributed by atoms with E-state index in [4.69, 9.17) is 24.4 Å². The Labute approximate surface area is 260 Å². The second-order valence-corrected chi connectivity index (χ2v) is 12.1. The molecule has 0 saturated heterocycles. The lowest BCUT2D eigenvalue weighted by Crippen LogP contribution is -2.15. The first kappa shape index (κ1) is 25.7. The number of ether oxygens (including phenoxy) is 2. The maximum atomic E-state index is 6.61. The Morgan fingerprint density at radius 3 is 1.93 bits per heavy atom. The molecule has 0 bridgehead atoms. The second kappa shape index (κ2) is 9.60. The zero-order valence-corrected chi connectivity index (χ0v) is 24.8. The number of hydrogen-bond donors (Lipinski definition) is 0. The zero-order valence-electron chi connectivity index (χ0n) is 24.8. The normalized spacial score (nSPS) is 13.6. The van der Waals surface area contributed by atoms with Crippen molar-refractivity contribution in [1.82, 2.24) is 15.0 Å². The van der Waals surface area contributed by atoms with Gasteiger partial charge in [0.25, 0.3) is 0 Å². The van der Waals surface area contributed by atoms with Crippen LogP contribution in [0, 0.1) is 0 Å². The molecule has 0 unspecified atom stereocenters. The van der Waals surface area contributed by atoms with Crippen molar-refractivity contribution in [2.45, 2.75) is 19.3 Å². The molecule has 2 aliphatic rings. The molecule has 1 aliphatic heterocycles. The highest BCUT2D eigenvalue weighted by atomic mass is 16.6. The number of benzene rings is 6. The van der Waals surface area contributed by atoms with Gasteiger partial charge in [-0.05, 0) is 57.8 Å². The molecule has 6 aromatic carbocycles. The van der Waals surface area contributed by atoms with E-state index in [9.17, 15) is 0 Å². The molecule has 9 rings (SSSR count). The minimum absolute atomic E-state index is 0.119. The topological polar surface area (TPSA) is 57.1 Å². The van der Waals surface area contributed by atoms with Gasteiger partial charge in [0.15, 0.2) is 40.5 Å². The molecular formula is C40H27N3O2. The van der Waals surface area contributed by atoms with Gasteiger partial charge in [-0.3, -0.25) is 0 Å². The Kier molecular flexibility index (Phi) is 5.47. The van der Waals surface area contributed by atoms with Crippen LogP contribution in [-0.2, 0) is 5.41 Å². The van der Waals surface area contributed by atoms with Gasteiger partial charge in [0.1, 0.15) is 0 Å². The van der Waals surface area contributed by atoms with Gasteiger partial charge >= 0.3 is 0 Å². The van der Waals surface area contributed by atoms with E-state index in [1.54, 1.807) is 0 Å². The number of nitrogens with zero attached hydrogens (tertiary/aromatic N) is 3. The predicted molar refractivity (Wildman–Crippen MR) is 178 cm³/mol. The number of hydrogen-bond acceptors (Lipinski definition) is 5. The summed E-state index contributed by atoms with van der Waals surface area (Å²) in [7, 11) is 0. The van der Waals surface area contributed by atoms with E-state index < -0.39 is 0 Å². The highest BCUT2D eigenvalue weighted by Crippen LogP contribution is 2.58. The van der Waals surface area contributed by atoms with E-state index in [1.807, 2.05) is 66.7 Å². The van der Waals surface area contributed by atoms with Gasteiger partial charge in [-0.15, -0.1) is 0 Å². The van der Waals surface area contributed by atoms with E-state index in [2.05, 4.69) is 74.5 Å². The summed E-state index contributed by atoms with van der Waals surface area (Å²) in [6, 6.07) is 43.2. The molecule has 7 aromatic rings. The fourth-order valence-corrected chi connectivity index (χ4v) is 6.64. The van der Waals surface area contributed by atoms with Gasteiger partial charge in [0.05, 0.1) is 0 Å². The molecule has 1 aromatic heterocycles. The van der Waals surface area contributed by atoms with Crippen molar-refractivity contribution in [3.63, 3.8) is 0 Å². The number of aromatic nitrogens is 3. The van der Waals surface area contributed by atoms with Crippen LogP contribution in [0.3, 0.4) is 0 Å². The van der Waals surface area contributed by atoms with E-state index in [0.717, 1.165) is 33.4 Å².